The van der Waals surface area contributed by atoms with Crippen molar-refractivity contribution in [2.45, 2.75) is 20.8 Å². The van der Waals surface area contributed by atoms with Gasteiger partial charge in [-0.1, -0.05) is 19.9 Å². The van der Waals surface area contributed by atoms with Gasteiger partial charge in [-0.3, -0.25) is 9.63 Å². The first-order valence-corrected chi connectivity index (χ1v) is 5.78. The maximum atomic E-state index is 11.6. The number of hydrogen-bond acceptors (Lipinski definition) is 3. The number of hydrogen-bond donors (Lipinski definition) is 1. The number of benzene rings is 1. The molecule has 1 amide bonds. The highest BCUT2D eigenvalue weighted by atomic mass is 16.6. The summed E-state index contributed by atoms with van der Waals surface area (Å²) in [6.45, 7) is 7.03. The quantitative estimate of drug-likeness (QED) is 0.773. The van der Waals surface area contributed by atoms with Crippen molar-refractivity contribution < 1.29 is 14.4 Å². The van der Waals surface area contributed by atoms with E-state index in [1.165, 1.54) is 0 Å². The van der Waals surface area contributed by atoms with Gasteiger partial charge in [0.05, 0.1) is 13.2 Å². The normalized spacial score (nSPS) is 10.4. The van der Waals surface area contributed by atoms with Crippen LogP contribution >= 0.6 is 0 Å². The first kappa shape index (κ1) is 13.5. The van der Waals surface area contributed by atoms with Gasteiger partial charge in [-0.25, -0.2) is 5.48 Å². The molecule has 0 atom stereocenters. The minimum atomic E-state index is -0.262. The molecule has 1 aromatic rings. The molecule has 1 rings (SSSR count). The maximum Gasteiger partial charge on any atom is 0.274 e. The van der Waals surface area contributed by atoms with Crippen molar-refractivity contribution in [3.63, 3.8) is 0 Å². The van der Waals surface area contributed by atoms with Gasteiger partial charge in [0.2, 0.25) is 0 Å². The van der Waals surface area contributed by atoms with Gasteiger partial charge in [0.15, 0.2) is 0 Å². The highest BCUT2D eigenvalue weighted by molar-refractivity contribution is 5.93. The molecule has 0 aliphatic heterocycles. The summed E-state index contributed by atoms with van der Waals surface area (Å²) in [5.41, 5.74) is 2.87. The SMILES string of the molecule is CCONC(=O)c1cccc(OCC(C)C)c1. The van der Waals surface area contributed by atoms with Crippen molar-refractivity contribution in [3.05, 3.63) is 29.8 Å². The lowest BCUT2D eigenvalue weighted by atomic mass is 10.2. The van der Waals surface area contributed by atoms with Crippen LogP contribution in [0.5, 0.6) is 5.75 Å². The van der Waals surface area contributed by atoms with Crippen LogP contribution in [-0.4, -0.2) is 19.1 Å². The molecule has 0 saturated heterocycles. The second kappa shape index (κ2) is 6.91. The van der Waals surface area contributed by atoms with E-state index in [1.807, 2.05) is 13.0 Å². The zero-order valence-corrected chi connectivity index (χ0v) is 10.5. The van der Waals surface area contributed by atoms with Crippen molar-refractivity contribution >= 4 is 5.91 Å². The Bertz CT molecular complexity index is 363. The fourth-order valence-corrected chi connectivity index (χ4v) is 1.19. The molecule has 4 nitrogen and oxygen atoms in total. The first-order valence-electron chi connectivity index (χ1n) is 5.78. The summed E-state index contributed by atoms with van der Waals surface area (Å²) in [6.07, 6.45) is 0. The number of hydroxylamine groups is 1. The molecule has 0 saturated carbocycles. The van der Waals surface area contributed by atoms with Crippen molar-refractivity contribution in [1.82, 2.24) is 5.48 Å². The van der Waals surface area contributed by atoms with Crippen LogP contribution in [0.3, 0.4) is 0 Å². The third-order valence-electron chi connectivity index (χ3n) is 1.99. The first-order chi connectivity index (χ1) is 8.13. The molecule has 0 aliphatic rings. The number of rotatable bonds is 6. The van der Waals surface area contributed by atoms with Gasteiger partial charge < -0.3 is 4.74 Å². The number of nitrogens with one attached hydrogen (secondary N) is 1. The molecule has 0 spiro atoms. The van der Waals surface area contributed by atoms with Crippen molar-refractivity contribution in [2.75, 3.05) is 13.2 Å². The Morgan fingerprint density at radius 2 is 2.18 bits per heavy atom. The van der Waals surface area contributed by atoms with Crippen LogP contribution in [0.4, 0.5) is 0 Å². The van der Waals surface area contributed by atoms with E-state index in [0.717, 1.165) is 0 Å². The molecule has 94 valence electrons. The molecule has 1 aromatic carbocycles. The summed E-state index contributed by atoms with van der Waals surface area (Å²) < 4.78 is 5.54. The van der Waals surface area contributed by atoms with Gasteiger partial charge in [-0.15, -0.1) is 0 Å². The summed E-state index contributed by atoms with van der Waals surface area (Å²) in [4.78, 5) is 16.4. The van der Waals surface area contributed by atoms with Gasteiger partial charge in [0, 0.05) is 5.56 Å². The van der Waals surface area contributed by atoms with Crippen LogP contribution in [0.25, 0.3) is 0 Å². The van der Waals surface area contributed by atoms with E-state index in [-0.39, 0.29) is 5.91 Å². The fourth-order valence-electron chi connectivity index (χ4n) is 1.19. The lowest BCUT2D eigenvalue weighted by Gasteiger charge is -2.10. The minimum Gasteiger partial charge on any atom is -0.493 e. The van der Waals surface area contributed by atoms with Crippen molar-refractivity contribution in [3.8, 4) is 5.75 Å². The number of amides is 1. The van der Waals surface area contributed by atoms with E-state index >= 15 is 0 Å². The molecular weight excluding hydrogens is 218 g/mol. The Labute approximate surface area is 102 Å². The number of carbonyl (C=O) groups excluding carboxylic acids is 1. The Morgan fingerprint density at radius 3 is 2.82 bits per heavy atom. The molecule has 0 unspecified atom stereocenters. The monoisotopic (exact) mass is 237 g/mol. The average molecular weight is 237 g/mol. The molecule has 0 aliphatic carbocycles. The van der Waals surface area contributed by atoms with Crippen LogP contribution < -0.4 is 10.2 Å². The van der Waals surface area contributed by atoms with E-state index < -0.39 is 0 Å². The van der Waals surface area contributed by atoms with Crippen LogP contribution in [0.1, 0.15) is 31.1 Å². The molecular formula is C13H19NO3. The number of ether oxygens (including phenoxy) is 1. The largest absolute Gasteiger partial charge is 0.493 e. The van der Waals surface area contributed by atoms with Gasteiger partial charge in [0.25, 0.3) is 5.91 Å². The zero-order chi connectivity index (χ0) is 12.7. The molecule has 0 heterocycles. The fraction of sp³-hybridized carbons (Fsp3) is 0.462. The highest BCUT2D eigenvalue weighted by Crippen LogP contribution is 2.14. The van der Waals surface area contributed by atoms with Crippen molar-refractivity contribution in [1.29, 1.82) is 0 Å². The Kier molecular flexibility index (Phi) is 5.49. The van der Waals surface area contributed by atoms with Gasteiger partial charge in [-0.2, -0.15) is 0 Å². The van der Waals surface area contributed by atoms with E-state index in [2.05, 4.69) is 19.3 Å². The lowest BCUT2D eigenvalue weighted by molar-refractivity contribution is 0.0364. The topological polar surface area (TPSA) is 47.6 Å². The number of carbonyl (C=O) groups is 1. The molecule has 0 fully saturated rings. The van der Waals surface area contributed by atoms with Crippen LogP contribution in [0, 0.1) is 5.92 Å². The van der Waals surface area contributed by atoms with E-state index in [1.54, 1.807) is 18.2 Å². The predicted molar refractivity (Wildman–Crippen MR) is 65.9 cm³/mol. The van der Waals surface area contributed by atoms with Gasteiger partial charge in [0.1, 0.15) is 5.75 Å². The third-order valence-corrected chi connectivity index (χ3v) is 1.99. The Hall–Kier alpha value is -1.55. The average Bonchev–Trinajstić information content (AvgIpc) is 2.33. The Balaban J connectivity index is 2.61. The maximum absolute atomic E-state index is 11.6. The molecule has 4 heteroatoms. The zero-order valence-electron chi connectivity index (χ0n) is 10.5. The lowest BCUT2D eigenvalue weighted by Crippen LogP contribution is -2.23. The van der Waals surface area contributed by atoms with E-state index in [9.17, 15) is 4.79 Å². The predicted octanol–water partition coefficient (Wildman–Crippen LogP) is 2.40. The van der Waals surface area contributed by atoms with Gasteiger partial charge >= 0.3 is 0 Å². The second-order valence-corrected chi connectivity index (χ2v) is 4.10. The smallest absolute Gasteiger partial charge is 0.274 e. The highest BCUT2D eigenvalue weighted by Gasteiger charge is 2.06. The van der Waals surface area contributed by atoms with E-state index in [4.69, 9.17) is 9.57 Å². The summed E-state index contributed by atoms with van der Waals surface area (Å²) in [6, 6.07) is 7.05. The standard InChI is InChI=1S/C13H19NO3/c1-4-17-14-13(15)11-6-5-7-12(8-11)16-9-10(2)3/h5-8,10H,4,9H2,1-3H3,(H,14,15). The third kappa shape index (κ3) is 4.87. The summed E-state index contributed by atoms with van der Waals surface area (Å²) in [5.74, 6) is 0.889. The second-order valence-electron chi connectivity index (χ2n) is 4.10. The van der Waals surface area contributed by atoms with Gasteiger partial charge in [-0.05, 0) is 31.0 Å². The summed E-state index contributed by atoms with van der Waals surface area (Å²) in [5, 5.41) is 0. The van der Waals surface area contributed by atoms with Crippen LogP contribution in [-0.2, 0) is 4.84 Å². The Morgan fingerprint density at radius 1 is 1.41 bits per heavy atom. The molecule has 1 N–H and O–H groups in total. The van der Waals surface area contributed by atoms with Crippen molar-refractivity contribution in [2.24, 2.45) is 5.92 Å². The molecule has 0 bridgehead atoms. The van der Waals surface area contributed by atoms with Crippen LogP contribution in [0.2, 0.25) is 0 Å². The molecule has 17 heavy (non-hydrogen) atoms. The van der Waals surface area contributed by atoms with E-state index in [0.29, 0.717) is 30.4 Å². The minimum absolute atomic E-state index is 0.262. The summed E-state index contributed by atoms with van der Waals surface area (Å²) in [7, 11) is 0. The molecule has 0 radical (unpaired) electrons. The summed E-state index contributed by atoms with van der Waals surface area (Å²) >= 11 is 0. The van der Waals surface area contributed by atoms with Crippen LogP contribution in [0.15, 0.2) is 24.3 Å². The molecule has 0 aromatic heterocycles.